The standard InChI is InChI=1S/C13H19N3O3/c1-3-6-15-12(18)8-16(2)13(19)10-7-9(17)4-5-11(10)14/h4-5,7,17H,3,6,8,14H2,1-2H3,(H,15,18). The molecule has 6 nitrogen and oxygen atoms in total. The number of nitrogens with one attached hydrogen (secondary N) is 1. The molecule has 6 heteroatoms. The number of phenols is 1. The van der Waals surface area contributed by atoms with E-state index >= 15 is 0 Å². The summed E-state index contributed by atoms with van der Waals surface area (Å²) in [4.78, 5) is 24.9. The first-order chi connectivity index (χ1) is 8.95. The van der Waals surface area contributed by atoms with E-state index in [1.54, 1.807) is 0 Å². The van der Waals surface area contributed by atoms with Gasteiger partial charge in [0.2, 0.25) is 5.91 Å². The highest BCUT2D eigenvalue weighted by Gasteiger charge is 2.17. The summed E-state index contributed by atoms with van der Waals surface area (Å²) in [7, 11) is 1.51. The van der Waals surface area contributed by atoms with Crippen LogP contribution >= 0.6 is 0 Å². The second-order valence-corrected chi connectivity index (χ2v) is 4.28. The van der Waals surface area contributed by atoms with E-state index in [1.165, 1.54) is 30.1 Å². The number of benzene rings is 1. The summed E-state index contributed by atoms with van der Waals surface area (Å²) in [5.41, 5.74) is 6.13. The van der Waals surface area contributed by atoms with Gasteiger partial charge in [0.25, 0.3) is 5.91 Å². The van der Waals surface area contributed by atoms with Crippen molar-refractivity contribution in [1.29, 1.82) is 0 Å². The number of likely N-dealkylation sites (N-methyl/N-ethyl adjacent to an activating group) is 1. The van der Waals surface area contributed by atoms with Gasteiger partial charge in [0.05, 0.1) is 12.1 Å². The molecule has 0 unspecified atom stereocenters. The van der Waals surface area contributed by atoms with E-state index in [0.29, 0.717) is 6.54 Å². The normalized spacial score (nSPS) is 10.0. The third kappa shape index (κ3) is 4.17. The van der Waals surface area contributed by atoms with Gasteiger partial charge in [-0.25, -0.2) is 0 Å². The highest BCUT2D eigenvalue weighted by Crippen LogP contribution is 2.19. The molecule has 0 saturated heterocycles. The fourth-order valence-corrected chi connectivity index (χ4v) is 1.54. The summed E-state index contributed by atoms with van der Waals surface area (Å²) in [5.74, 6) is -0.669. The lowest BCUT2D eigenvalue weighted by atomic mass is 10.1. The highest BCUT2D eigenvalue weighted by atomic mass is 16.3. The summed E-state index contributed by atoms with van der Waals surface area (Å²) in [6, 6.07) is 4.14. The average Bonchev–Trinajstić information content (AvgIpc) is 2.38. The van der Waals surface area contributed by atoms with Gasteiger partial charge in [-0.15, -0.1) is 0 Å². The second kappa shape index (κ2) is 6.63. The number of hydrogen-bond acceptors (Lipinski definition) is 4. The lowest BCUT2D eigenvalue weighted by molar-refractivity contribution is -0.121. The predicted octanol–water partition coefficient (Wildman–Crippen LogP) is 0.573. The van der Waals surface area contributed by atoms with Gasteiger partial charge in [-0.2, -0.15) is 0 Å². The maximum atomic E-state index is 12.1. The predicted molar refractivity (Wildman–Crippen MR) is 72.8 cm³/mol. The first-order valence-corrected chi connectivity index (χ1v) is 6.06. The molecule has 104 valence electrons. The first kappa shape index (κ1) is 14.8. The fourth-order valence-electron chi connectivity index (χ4n) is 1.54. The van der Waals surface area contributed by atoms with Crippen molar-refractivity contribution in [2.45, 2.75) is 13.3 Å². The number of anilines is 1. The highest BCUT2D eigenvalue weighted by molar-refractivity contribution is 6.00. The van der Waals surface area contributed by atoms with Crippen LogP contribution < -0.4 is 11.1 Å². The number of nitrogen functional groups attached to an aromatic ring is 1. The van der Waals surface area contributed by atoms with Crippen LogP contribution in [0.5, 0.6) is 5.75 Å². The number of carbonyl (C=O) groups is 2. The summed E-state index contributed by atoms with van der Waals surface area (Å²) >= 11 is 0. The molecule has 19 heavy (non-hydrogen) atoms. The van der Waals surface area contributed by atoms with Crippen molar-refractivity contribution in [2.24, 2.45) is 0 Å². The molecule has 2 amide bonds. The third-order valence-corrected chi connectivity index (χ3v) is 2.57. The summed E-state index contributed by atoms with van der Waals surface area (Å²) in [5, 5.41) is 12.0. The van der Waals surface area contributed by atoms with Crippen molar-refractivity contribution in [3.05, 3.63) is 23.8 Å². The Labute approximate surface area is 112 Å². The minimum atomic E-state index is -0.403. The lowest BCUT2D eigenvalue weighted by Gasteiger charge is -2.17. The monoisotopic (exact) mass is 265 g/mol. The van der Waals surface area contributed by atoms with Crippen molar-refractivity contribution in [3.8, 4) is 5.75 Å². The zero-order valence-electron chi connectivity index (χ0n) is 11.1. The van der Waals surface area contributed by atoms with E-state index in [2.05, 4.69) is 5.32 Å². The van der Waals surface area contributed by atoms with Crippen molar-refractivity contribution in [3.63, 3.8) is 0 Å². The quantitative estimate of drug-likeness (QED) is 0.536. The summed E-state index contributed by atoms with van der Waals surface area (Å²) in [6.45, 7) is 2.48. The van der Waals surface area contributed by atoms with Crippen LogP contribution in [0.15, 0.2) is 18.2 Å². The number of carbonyl (C=O) groups excluding carboxylic acids is 2. The van der Waals surface area contributed by atoms with E-state index < -0.39 is 5.91 Å². The summed E-state index contributed by atoms with van der Waals surface area (Å²) < 4.78 is 0. The molecule has 0 aromatic heterocycles. The van der Waals surface area contributed by atoms with Crippen LogP contribution in [0.2, 0.25) is 0 Å². The zero-order chi connectivity index (χ0) is 14.4. The Kier molecular flexibility index (Phi) is 5.17. The average molecular weight is 265 g/mol. The molecule has 0 radical (unpaired) electrons. The molecule has 0 aliphatic heterocycles. The minimum Gasteiger partial charge on any atom is -0.508 e. The molecule has 0 fully saturated rings. The number of hydrogen-bond donors (Lipinski definition) is 3. The molecule has 0 heterocycles. The smallest absolute Gasteiger partial charge is 0.256 e. The summed E-state index contributed by atoms with van der Waals surface area (Å²) in [6.07, 6.45) is 0.836. The molecule has 0 aliphatic rings. The SMILES string of the molecule is CCCNC(=O)CN(C)C(=O)c1cc(O)ccc1N. The molecule has 0 atom stereocenters. The van der Waals surface area contributed by atoms with Crippen LogP contribution in [-0.2, 0) is 4.79 Å². The van der Waals surface area contributed by atoms with Gasteiger partial charge >= 0.3 is 0 Å². The van der Waals surface area contributed by atoms with Gasteiger partial charge in [0, 0.05) is 19.3 Å². The number of rotatable bonds is 5. The molecule has 0 saturated carbocycles. The Morgan fingerprint density at radius 3 is 2.74 bits per heavy atom. The molecule has 1 aromatic rings. The third-order valence-electron chi connectivity index (χ3n) is 2.57. The van der Waals surface area contributed by atoms with Crippen molar-refractivity contribution < 1.29 is 14.7 Å². The van der Waals surface area contributed by atoms with E-state index in [9.17, 15) is 14.7 Å². The molecule has 0 bridgehead atoms. The number of nitrogens with zero attached hydrogens (tertiary/aromatic N) is 1. The van der Waals surface area contributed by atoms with Gasteiger partial charge in [0.1, 0.15) is 5.75 Å². The topological polar surface area (TPSA) is 95.7 Å². The number of amides is 2. The molecular weight excluding hydrogens is 246 g/mol. The van der Waals surface area contributed by atoms with Gasteiger partial charge in [0.15, 0.2) is 0 Å². The van der Waals surface area contributed by atoms with Gasteiger partial charge < -0.3 is 21.1 Å². The van der Waals surface area contributed by atoms with E-state index in [4.69, 9.17) is 5.73 Å². The molecule has 1 aromatic carbocycles. The van der Waals surface area contributed by atoms with Gasteiger partial charge in [-0.05, 0) is 24.6 Å². The largest absolute Gasteiger partial charge is 0.508 e. The number of phenolic OH excluding ortho intramolecular Hbond substituents is 1. The van der Waals surface area contributed by atoms with Crippen LogP contribution in [0.1, 0.15) is 23.7 Å². The molecule has 0 aliphatic carbocycles. The van der Waals surface area contributed by atoms with Crippen molar-refractivity contribution in [1.82, 2.24) is 10.2 Å². The maximum Gasteiger partial charge on any atom is 0.256 e. The van der Waals surface area contributed by atoms with Crippen LogP contribution in [0.4, 0.5) is 5.69 Å². The van der Waals surface area contributed by atoms with E-state index in [-0.39, 0.29) is 29.5 Å². The zero-order valence-corrected chi connectivity index (χ0v) is 11.1. The number of nitrogens with two attached hydrogens (primary N) is 1. The second-order valence-electron chi connectivity index (χ2n) is 4.28. The fraction of sp³-hybridized carbons (Fsp3) is 0.385. The Bertz CT molecular complexity index is 474. The van der Waals surface area contributed by atoms with Crippen molar-refractivity contribution >= 4 is 17.5 Å². The van der Waals surface area contributed by atoms with Gasteiger partial charge in [-0.3, -0.25) is 9.59 Å². The Morgan fingerprint density at radius 1 is 1.42 bits per heavy atom. The molecule has 1 rings (SSSR count). The van der Waals surface area contributed by atoms with E-state index in [0.717, 1.165) is 6.42 Å². The first-order valence-electron chi connectivity index (χ1n) is 6.06. The molecular formula is C13H19N3O3. The van der Waals surface area contributed by atoms with Crippen LogP contribution in [-0.4, -0.2) is 42.0 Å². The van der Waals surface area contributed by atoms with Gasteiger partial charge in [-0.1, -0.05) is 6.92 Å². The number of aromatic hydroxyl groups is 1. The minimum absolute atomic E-state index is 0.0404. The molecule has 4 N–H and O–H groups in total. The van der Waals surface area contributed by atoms with Crippen LogP contribution in [0.3, 0.4) is 0 Å². The van der Waals surface area contributed by atoms with E-state index in [1.807, 2.05) is 6.92 Å². The Hall–Kier alpha value is -2.24. The van der Waals surface area contributed by atoms with Crippen LogP contribution in [0, 0.1) is 0 Å². The Balaban J connectivity index is 2.71. The van der Waals surface area contributed by atoms with Crippen LogP contribution in [0.25, 0.3) is 0 Å². The molecule has 0 spiro atoms. The van der Waals surface area contributed by atoms with Crippen molar-refractivity contribution in [2.75, 3.05) is 25.9 Å². The lowest BCUT2D eigenvalue weighted by Crippen LogP contribution is -2.38. The maximum absolute atomic E-state index is 12.1. The Morgan fingerprint density at radius 2 is 2.11 bits per heavy atom.